The zero-order chi connectivity index (χ0) is 12.6. The molecule has 0 radical (unpaired) electrons. The fraction of sp³-hybridized carbons (Fsp3) is 0.385. The van der Waals surface area contributed by atoms with Crippen molar-refractivity contribution in [2.75, 3.05) is 18.5 Å². The van der Waals surface area contributed by atoms with Gasteiger partial charge in [-0.15, -0.1) is 0 Å². The third-order valence-electron chi connectivity index (χ3n) is 2.51. The van der Waals surface area contributed by atoms with Crippen molar-refractivity contribution in [3.8, 4) is 5.88 Å². The van der Waals surface area contributed by atoms with Crippen molar-refractivity contribution in [3.63, 3.8) is 0 Å². The quantitative estimate of drug-likeness (QED) is 0.761. The van der Waals surface area contributed by atoms with Crippen LogP contribution in [0, 0.1) is 0 Å². The Morgan fingerprint density at radius 3 is 3.00 bits per heavy atom. The topological polar surface area (TPSA) is 52.0 Å². The van der Waals surface area contributed by atoms with Crippen LogP contribution in [0.5, 0.6) is 5.88 Å². The Balaban J connectivity index is 1.69. The third-order valence-corrected chi connectivity index (χ3v) is 2.51. The van der Waals surface area contributed by atoms with Crippen LogP contribution in [0.15, 0.2) is 37.1 Å². The molecular formula is C13H18N4O. The zero-order valence-corrected chi connectivity index (χ0v) is 10.5. The SMILES string of the molecule is CCOc1ccc(NCCCn2ccnc2)cn1. The predicted octanol–water partition coefficient (Wildman–Crippen LogP) is 2.18. The summed E-state index contributed by atoms with van der Waals surface area (Å²) in [6.07, 6.45) is 8.44. The van der Waals surface area contributed by atoms with Crippen LogP contribution in [0.2, 0.25) is 0 Å². The molecule has 0 amide bonds. The molecule has 0 aliphatic rings. The van der Waals surface area contributed by atoms with Gasteiger partial charge in [-0.3, -0.25) is 0 Å². The average molecular weight is 246 g/mol. The van der Waals surface area contributed by atoms with Crippen LogP contribution in [0.1, 0.15) is 13.3 Å². The highest BCUT2D eigenvalue weighted by molar-refractivity contribution is 5.41. The minimum Gasteiger partial charge on any atom is -0.478 e. The van der Waals surface area contributed by atoms with E-state index >= 15 is 0 Å². The van der Waals surface area contributed by atoms with E-state index in [9.17, 15) is 0 Å². The maximum Gasteiger partial charge on any atom is 0.213 e. The van der Waals surface area contributed by atoms with Crippen molar-refractivity contribution >= 4 is 5.69 Å². The second-order valence-corrected chi connectivity index (χ2v) is 3.90. The summed E-state index contributed by atoms with van der Waals surface area (Å²) >= 11 is 0. The third kappa shape index (κ3) is 3.76. The maximum absolute atomic E-state index is 5.29. The lowest BCUT2D eigenvalue weighted by molar-refractivity contribution is 0.327. The van der Waals surface area contributed by atoms with E-state index in [0.717, 1.165) is 25.2 Å². The van der Waals surface area contributed by atoms with Crippen LogP contribution in [-0.4, -0.2) is 27.7 Å². The van der Waals surface area contributed by atoms with E-state index in [4.69, 9.17) is 4.74 Å². The van der Waals surface area contributed by atoms with Crippen molar-refractivity contribution in [2.24, 2.45) is 0 Å². The highest BCUT2D eigenvalue weighted by atomic mass is 16.5. The highest BCUT2D eigenvalue weighted by Crippen LogP contribution is 2.11. The van der Waals surface area contributed by atoms with Gasteiger partial charge in [-0.05, 0) is 19.4 Å². The number of hydrogen-bond acceptors (Lipinski definition) is 4. The van der Waals surface area contributed by atoms with Gasteiger partial charge in [0.2, 0.25) is 5.88 Å². The van der Waals surface area contributed by atoms with E-state index in [2.05, 4.69) is 19.9 Å². The Kier molecular flexibility index (Phi) is 4.58. The normalized spacial score (nSPS) is 10.3. The largest absolute Gasteiger partial charge is 0.478 e. The van der Waals surface area contributed by atoms with Gasteiger partial charge in [0, 0.05) is 31.5 Å². The van der Waals surface area contributed by atoms with Gasteiger partial charge in [-0.2, -0.15) is 0 Å². The number of hydrogen-bond donors (Lipinski definition) is 1. The molecule has 2 aromatic heterocycles. The van der Waals surface area contributed by atoms with E-state index < -0.39 is 0 Å². The van der Waals surface area contributed by atoms with Gasteiger partial charge in [0.1, 0.15) is 0 Å². The molecule has 5 nitrogen and oxygen atoms in total. The summed E-state index contributed by atoms with van der Waals surface area (Å²) in [5, 5.41) is 3.32. The summed E-state index contributed by atoms with van der Waals surface area (Å²) in [5.41, 5.74) is 1.02. The number of nitrogens with one attached hydrogen (secondary N) is 1. The summed E-state index contributed by atoms with van der Waals surface area (Å²) in [4.78, 5) is 8.20. The molecule has 0 spiro atoms. The van der Waals surface area contributed by atoms with Gasteiger partial charge in [-0.1, -0.05) is 0 Å². The van der Waals surface area contributed by atoms with E-state index in [-0.39, 0.29) is 0 Å². The smallest absolute Gasteiger partial charge is 0.213 e. The Labute approximate surface area is 107 Å². The molecule has 0 bridgehead atoms. The number of nitrogens with zero attached hydrogens (tertiary/aromatic N) is 3. The molecule has 18 heavy (non-hydrogen) atoms. The average Bonchev–Trinajstić information content (AvgIpc) is 2.90. The number of aromatic nitrogens is 3. The van der Waals surface area contributed by atoms with E-state index in [1.165, 1.54) is 0 Å². The number of anilines is 1. The number of pyridine rings is 1. The van der Waals surface area contributed by atoms with Crippen molar-refractivity contribution in [1.82, 2.24) is 14.5 Å². The highest BCUT2D eigenvalue weighted by Gasteiger charge is 1.96. The van der Waals surface area contributed by atoms with Gasteiger partial charge in [-0.25, -0.2) is 9.97 Å². The molecule has 0 unspecified atom stereocenters. The first-order valence-electron chi connectivity index (χ1n) is 6.17. The summed E-state index contributed by atoms with van der Waals surface area (Å²) in [7, 11) is 0. The summed E-state index contributed by atoms with van der Waals surface area (Å²) < 4.78 is 7.35. The van der Waals surface area contributed by atoms with Gasteiger partial charge < -0.3 is 14.6 Å². The Morgan fingerprint density at radius 1 is 1.39 bits per heavy atom. The lowest BCUT2D eigenvalue weighted by atomic mass is 10.3. The van der Waals surface area contributed by atoms with Gasteiger partial charge in [0.15, 0.2) is 0 Å². The molecule has 0 aliphatic carbocycles. The summed E-state index contributed by atoms with van der Waals surface area (Å²) in [6, 6.07) is 3.86. The van der Waals surface area contributed by atoms with E-state index in [0.29, 0.717) is 12.5 Å². The predicted molar refractivity (Wildman–Crippen MR) is 70.7 cm³/mol. The molecule has 2 rings (SSSR count). The van der Waals surface area contributed by atoms with Crippen LogP contribution >= 0.6 is 0 Å². The lowest BCUT2D eigenvalue weighted by Crippen LogP contribution is -2.06. The maximum atomic E-state index is 5.29. The number of rotatable bonds is 7. The van der Waals surface area contributed by atoms with Crippen molar-refractivity contribution in [2.45, 2.75) is 19.9 Å². The van der Waals surface area contributed by atoms with Crippen molar-refractivity contribution in [1.29, 1.82) is 0 Å². The van der Waals surface area contributed by atoms with E-state index in [1.807, 2.05) is 31.6 Å². The van der Waals surface area contributed by atoms with Crippen molar-refractivity contribution < 1.29 is 4.74 Å². The number of ether oxygens (including phenoxy) is 1. The second kappa shape index (κ2) is 6.64. The molecule has 1 N–H and O–H groups in total. The zero-order valence-electron chi connectivity index (χ0n) is 10.5. The Hall–Kier alpha value is -2.04. The van der Waals surface area contributed by atoms with Crippen LogP contribution in [0.25, 0.3) is 0 Å². The fourth-order valence-corrected chi connectivity index (χ4v) is 1.63. The molecule has 2 heterocycles. The first kappa shape index (κ1) is 12.4. The molecule has 5 heteroatoms. The molecule has 2 aromatic rings. The Morgan fingerprint density at radius 2 is 2.33 bits per heavy atom. The van der Waals surface area contributed by atoms with Gasteiger partial charge in [0.05, 0.1) is 24.8 Å². The number of aryl methyl sites for hydroxylation is 1. The van der Waals surface area contributed by atoms with Gasteiger partial charge >= 0.3 is 0 Å². The first-order valence-corrected chi connectivity index (χ1v) is 6.17. The van der Waals surface area contributed by atoms with E-state index in [1.54, 1.807) is 12.4 Å². The van der Waals surface area contributed by atoms with Crippen LogP contribution in [0.3, 0.4) is 0 Å². The first-order chi connectivity index (χ1) is 8.88. The summed E-state index contributed by atoms with van der Waals surface area (Å²) in [6.45, 7) is 4.47. The number of imidazole rings is 1. The van der Waals surface area contributed by atoms with Crippen LogP contribution < -0.4 is 10.1 Å². The molecule has 0 aliphatic heterocycles. The Bertz CT molecular complexity index is 439. The van der Waals surface area contributed by atoms with Crippen LogP contribution in [-0.2, 0) is 6.54 Å². The summed E-state index contributed by atoms with van der Waals surface area (Å²) in [5.74, 6) is 0.668. The molecular weight excluding hydrogens is 228 g/mol. The second-order valence-electron chi connectivity index (χ2n) is 3.90. The fourth-order valence-electron chi connectivity index (χ4n) is 1.63. The molecule has 96 valence electrons. The minimum atomic E-state index is 0.644. The van der Waals surface area contributed by atoms with Crippen LogP contribution in [0.4, 0.5) is 5.69 Å². The van der Waals surface area contributed by atoms with Gasteiger partial charge in [0.25, 0.3) is 0 Å². The molecule has 0 aromatic carbocycles. The molecule has 0 saturated carbocycles. The monoisotopic (exact) mass is 246 g/mol. The molecule has 0 saturated heterocycles. The standard InChI is InChI=1S/C13H18N4O/c1-2-18-13-5-4-12(10-16-13)15-6-3-8-17-9-7-14-11-17/h4-5,7,9-11,15H,2-3,6,8H2,1H3. The molecule has 0 fully saturated rings. The van der Waals surface area contributed by atoms with Crippen molar-refractivity contribution in [3.05, 3.63) is 37.1 Å². The minimum absolute atomic E-state index is 0.644. The lowest BCUT2D eigenvalue weighted by Gasteiger charge is -2.07. The molecule has 0 atom stereocenters.